The van der Waals surface area contributed by atoms with E-state index >= 15 is 0 Å². The van der Waals surface area contributed by atoms with Crippen LogP contribution in [0, 0.1) is 0 Å². The minimum absolute atomic E-state index is 0.156. The van der Waals surface area contributed by atoms with E-state index in [9.17, 15) is 0 Å². The van der Waals surface area contributed by atoms with Crippen molar-refractivity contribution in [1.82, 2.24) is 0 Å². The molecule has 3 aliphatic carbocycles. The van der Waals surface area contributed by atoms with E-state index in [-0.39, 0.29) is 21.7 Å². The molecule has 5 aliphatic rings. The molecule has 13 rings (SSSR count). The lowest BCUT2D eigenvalue weighted by atomic mass is 9.74. The number of hydrogen-bond acceptors (Lipinski definition) is 2. The van der Waals surface area contributed by atoms with E-state index < -0.39 is 8.07 Å². The lowest BCUT2D eigenvalue weighted by Gasteiger charge is -2.36. The van der Waals surface area contributed by atoms with Gasteiger partial charge in [-0.05, 0) is 125 Å². The second-order valence-corrected chi connectivity index (χ2v) is 26.4. The molecule has 0 aromatic heterocycles. The molecule has 3 heteroatoms. The lowest BCUT2D eigenvalue weighted by Crippen LogP contribution is -2.56. The number of para-hydroxylation sites is 2. The second-order valence-electron chi connectivity index (χ2n) is 22.1. The molecule has 0 N–H and O–H groups in total. The van der Waals surface area contributed by atoms with Gasteiger partial charge >= 0.3 is 0 Å². The van der Waals surface area contributed by atoms with Crippen molar-refractivity contribution in [3.8, 4) is 78.6 Å². The SMILES string of the molecule is CC1(C)c2cc(-c3ccc4c(c3)C(C)(C)c3ccc5c(c3-4)Oc3ccccc3C5(C)C)ccc2-c2ccc(-c3ccc4c(c3)C(C)(C)c3ccc5c(c3-4)Oc3ccccc3[Si]5(C)C)cc21. The molecule has 0 unspecified atom stereocenters. The Kier molecular flexibility index (Phi) is 7.48. The zero-order valence-electron chi connectivity index (χ0n) is 39.2. The van der Waals surface area contributed by atoms with E-state index in [0.29, 0.717) is 0 Å². The number of benzene rings is 8. The monoisotopic (exact) mass is 858 g/mol. The van der Waals surface area contributed by atoms with Gasteiger partial charge in [0.05, 0.1) is 0 Å². The van der Waals surface area contributed by atoms with Crippen LogP contribution in [0.1, 0.15) is 99.9 Å². The zero-order chi connectivity index (χ0) is 44.7. The Morgan fingerprint density at radius 3 is 1.29 bits per heavy atom. The van der Waals surface area contributed by atoms with Crippen molar-refractivity contribution in [3.05, 3.63) is 190 Å². The number of hydrogen-bond donors (Lipinski definition) is 0. The highest BCUT2D eigenvalue weighted by Crippen LogP contribution is 2.60. The van der Waals surface area contributed by atoms with E-state index in [0.717, 1.165) is 23.0 Å². The molecule has 0 amide bonds. The summed E-state index contributed by atoms with van der Waals surface area (Å²) in [6.07, 6.45) is 0. The Hall–Kier alpha value is -6.42. The van der Waals surface area contributed by atoms with Crippen molar-refractivity contribution in [3.63, 3.8) is 0 Å². The zero-order valence-corrected chi connectivity index (χ0v) is 40.2. The van der Waals surface area contributed by atoms with Gasteiger partial charge in [-0.15, -0.1) is 0 Å². The van der Waals surface area contributed by atoms with E-state index in [2.05, 4.69) is 214 Å². The van der Waals surface area contributed by atoms with Gasteiger partial charge in [0.1, 0.15) is 31.1 Å². The maximum Gasteiger partial charge on any atom is 0.139 e. The first kappa shape index (κ1) is 39.0. The minimum atomic E-state index is -1.95. The van der Waals surface area contributed by atoms with Gasteiger partial charge < -0.3 is 9.47 Å². The van der Waals surface area contributed by atoms with Gasteiger partial charge in [-0.1, -0.05) is 178 Å². The summed E-state index contributed by atoms with van der Waals surface area (Å²) in [5.41, 5.74) is 22.9. The number of ether oxygens (including phenoxy) is 2. The van der Waals surface area contributed by atoms with Crippen molar-refractivity contribution in [2.45, 2.75) is 90.1 Å². The maximum absolute atomic E-state index is 6.87. The molecular formula is C62H54O2Si. The molecule has 8 aromatic carbocycles. The quantitative estimate of drug-likeness (QED) is 0.161. The molecule has 318 valence electrons. The predicted molar refractivity (Wildman–Crippen MR) is 272 cm³/mol. The molecule has 65 heavy (non-hydrogen) atoms. The molecule has 0 radical (unpaired) electrons. The Morgan fingerprint density at radius 2 is 0.723 bits per heavy atom. The fraction of sp³-hybridized carbons (Fsp3) is 0.226. The smallest absolute Gasteiger partial charge is 0.139 e. The van der Waals surface area contributed by atoms with Crippen LogP contribution in [0.4, 0.5) is 0 Å². The number of fused-ring (bicyclic) bond motifs is 15. The summed E-state index contributed by atoms with van der Waals surface area (Å²) in [6, 6.07) is 55.3. The molecule has 0 spiro atoms. The molecule has 0 fully saturated rings. The van der Waals surface area contributed by atoms with Crippen LogP contribution in [-0.2, 0) is 21.7 Å². The summed E-state index contributed by atoms with van der Waals surface area (Å²) >= 11 is 0. The van der Waals surface area contributed by atoms with Crippen molar-refractivity contribution in [1.29, 1.82) is 0 Å². The largest absolute Gasteiger partial charge is 0.457 e. The maximum atomic E-state index is 6.87. The van der Waals surface area contributed by atoms with Gasteiger partial charge in [0.15, 0.2) is 0 Å². The standard InChI is InChI=1S/C62H54O2Si/c1-59(2)43-15-11-12-16-51(43)63-57-46(59)28-27-44-55(57)41-25-21-37(33-49(41)60(44,3)4)35-19-23-39-40-24-20-36(32-48(40)62(7,8)47(39)31-35)38-22-26-42-50(34-38)61(5,6)45-29-30-54-58(56(42)45)64-52-17-13-14-18-53(52)65(54,9)10/h11-34H,1-10H3. The summed E-state index contributed by atoms with van der Waals surface area (Å²) in [7, 11) is -1.95. The fourth-order valence-corrected chi connectivity index (χ4v) is 15.7. The van der Waals surface area contributed by atoms with Crippen LogP contribution in [0.3, 0.4) is 0 Å². The molecular weight excluding hydrogens is 805 g/mol. The molecule has 0 saturated carbocycles. The highest BCUT2D eigenvalue weighted by atomic mass is 28.3. The van der Waals surface area contributed by atoms with Gasteiger partial charge in [0.25, 0.3) is 0 Å². The van der Waals surface area contributed by atoms with Crippen LogP contribution in [0.5, 0.6) is 23.0 Å². The van der Waals surface area contributed by atoms with Crippen LogP contribution in [0.2, 0.25) is 13.1 Å². The molecule has 2 heterocycles. The summed E-state index contributed by atoms with van der Waals surface area (Å²) in [6.45, 7) is 23.9. The topological polar surface area (TPSA) is 18.5 Å². The normalized spacial score (nSPS) is 17.9. The summed E-state index contributed by atoms with van der Waals surface area (Å²) in [5.74, 6) is 4.07. The van der Waals surface area contributed by atoms with Gasteiger partial charge in [0, 0.05) is 43.9 Å². The van der Waals surface area contributed by atoms with Crippen LogP contribution in [0.25, 0.3) is 55.6 Å². The van der Waals surface area contributed by atoms with Crippen LogP contribution < -0.4 is 19.8 Å². The lowest BCUT2D eigenvalue weighted by molar-refractivity contribution is 0.419. The number of rotatable bonds is 2. The molecule has 0 saturated heterocycles. The van der Waals surface area contributed by atoms with Crippen LogP contribution in [-0.4, -0.2) is 8.07 Å². The van der Waals surface area contributed by atoms with E-state index in [1.807, 2.05) is 0 Å². The van der Waals surface area contributed by atoms with Crippen molar-refractivity contribution in [2.24, 2.45) is 0 Å². The van der Waals surface area contributed by atoms with Gasteiger partial charge in [-0.3, -0.25) is 0 Å². The molecule has 0 atom stereocenters. The Balaban J connectivity index is 0.847. The van der Waals surface area contributed by atoms with Gasteiger partial charge in [-0.2, -0.15) is 0 Å². The third kappa shape index (κ3) is 4.95. The third-order valence-electron chi connectivity index (χ3n) is 16.8. The summed E-state index contributed by atoms with van der Waals surface area (Å²) in [5, 5.41) is 2.77. The third-order valence-corrected chi connectivity index (χ3v) is 20.3. The first-order chi connectivity index (χ1) is 31.0. The van der Waals surface area contributed by atoms with Crippen LogP contribution >= 0.6 is 0 Å². The van der Waals surface area contributed by atoms with Gasteiger partial charge in [-0.25, -0.2) is 0 Å². The van der Waals surface area contributed by atoms with E-state index in [4.69, 9.17) is 9.47 Å². The average molecular weight is 859 g/mol. The fourth-order valence-electron chi connectivity index (χ4n) is 12.9. The second kappa shape index (κ2) is 12.5. The first-order valence-corrected chi connectivity index (χ1v) is 26.5. The molecule has 2 aliphatic heterocycles. The van der Waals surface area contributed by atoms with Crippen LogP contribution in [0.15, 0.2) is 146 Å². The first-order valence-electron chi connectivity index (χ1n) is 23.5. The van der Waals surface area contributed by atoms with Crippen molar-refractivity contribution < 1.29 is 9.47 Å². The molecule has 2 nitrogen and oxygen atoms in total. The Labute approximate surface area is 385 Å². The Morgan fingerprint density at radius 1 is 0.323 bits per heavy atom. The highest BCUT2D eigenvalue weighted by Gasteiger charge is 2.46. The predicted octanol–water partition coefficient (Wildman–Crippen LogP) is 15.3. The Bertz CT molecular complexity index is 3240. The summed E-state index contributed by atoms with van der Waals surface area (Å²) < 4.78 is 13.7. The minimum Gasteiger partial charge on any atom is -0.457 e. The van der Waals surface area contributed by atoms with E-state index in [1.54, 1.807) is 0 Å². The van der Waals surface area contributed by atoms with Gasteiger partial charge in [0.2, 0.25) is 0 Å². The van der Waals surface area contributed by atoms with E-state index in [1.165, 1.54) is 111 Å². The molecule has 0 bridgehead atoms. The highest BCUT2D eigenvalue weighted by molar-refractivity contribution is 7.01. The summed E-state index contributed by atoms with van der Waals surface area (Å²) in [4.78, 5) is 0. The average Bonchev–Trinajstić information content (AvgIpc) is 3.78. The van der Waals surface area contributed by atoms with Crippen molar-refractivity contribution >= 4 is 18.4 Å². The molecule has 8 aromatic rings. The van der Waals surface area contributed by atoms with Crippen molar-refractivity contribution in [2.75, 3.05) is 0 Å².